The molecule has 0 saturated carbocycles. The van der Waals surface area contributed by atoms with E-state index in [1.54, 1.807) is 11.8 Å². The quantitative estimate of drug-likeness (QED) is 0.880. The number of aromatic nitrogens is 1. The maximum Gasteiger partial charge on any atom is 0.337 e. The van der Waals surface area contributed by atoms with Gasteiger partial charge in [-0.05, 0) is 6.07 Å². The first-order valence-electron chi connectivity index (χ1n) is 5.88. The number of rotatable bonds is 2. The Labute approximate surface area is 115 Å². The lowest BCUT2D eigenvalue weighted by Gasteiger charge is -2.35. The largest absolute Gasteiger partial charge is 0.478 e. The lowest BCUT2D eigenvalue weighted by atomic mass is 10.2. The van der Waals surface area contributed by atoms with Gasteiger partial charge < -0.3 is 14.9 Å². The van der Waals surface area contributed by atoms with E-state index in [1.165, 1.54) is 12.3 Å². The van der Waals surface area contributed by atoms with E-state index in [-0.39, 0.29) is 11.5 Å². The molecule has 2 heterocycles. The molecule has 0 atom stereocenters. The van der Waals surface area contributed by atoms with Gasteiger partial charge in [0.05, 0.1) is 10.6 Å². The smallest absolute Gasteiger partial charge is 0.337 e. The maximum absolute atomic E-state index is 11.2. The average molecular weight is 284 g/mol. The van der Waals surface area contributed by atoms with Gasteiger partial charge in [-0.2, -0.15) is 0 Å². The van der Waals surface area contributed by atoms with Crippen LogP contribution in [0, 0.1) is 0 Å². The second-order valence-corrected chi connectivity index (χ2v) is 4.73. The highest BCUT2D eigenvalue weighted by molar-refractivity contribution is 6.33. The van der Waals surface area contributed by atoms with Crippen molar-refractivity contribution < 1.29 is 14.7 Å². The molecule has 0 bridgehead atoms. The van der Waals surface area contributed by atoms with E-state index in [2.05, 4.69) is 4.98 Å². The topological polar surface area (TPSA) is 73.7 Å². The van der Waals surface area contributed by atoms with Crippen molar-refractivity contribution in [2.45, 2.75) is 6.92 Å². The monoisotopic (exact) mass is 283 g/mol. The molecule has 19 heavy (non-hydrogen) atoms. The van der Waals surface area contributed by atoms with Gasteiger partial charge in [-0.15, -0.1) is 0 Å². The predicted octanol–water partition coefficient (Wildman–Crippen LogP) is 1.10. The van der Waals surface area contributed by atoms with Crippen LogP contribution in [-0.4, -0.2) is 53.0 Å². The summed E-state index contributed by atoms with van der Waals surface area (Å²) in [6.07, 6.45) is 1.29. The number of hydrogen-bond acceptors (Lipinski definition) is 4. The first-order chi connectivity index (χ1) is 8.99. The van der Waals surface area contributed by atoms with Crippen molar-refractivity contribution in [2.75, 3.05) is 31.1 Å². The normalized spacial score (nSPS) is 15.5. The van der Waals surface area contributed by atoms with Crippen LogP contribution in [0.3, 0.4) is 0 Å². The Bertz CT molecular complexity index is 513. The van der Waals surface area contributed by atoms with Crippen LogP contribution in [0.2, 0.25) is 5.02 Å². The van der Waals surface area contributed by atoms with Gasteiger partial charge in [-0.3, -0.25) is 4.79 Å². The maximum atomic E-state index is 11.2. The summed E-state index contributed by atoms with van der Waals surface area (Å²) in [5.74, 6) is -0.433. The lowest BCUT2D eigenvalue weighted by Crippen LogP contribution is -2.48. The van der Waals surface area contributed by atoms with Crippen LogP contribution in [0.5, 0.6) is 0 Å². The predicted molar refractivity (Wildman–Crippen MR) is 70.7 cm³/mol. The van der Waals surface area contributed by atoms with Crippen LogP contribution in [-0.2, 0) is 4.79 Å². The minimum Gasteiger partial charge on any atom is -0.478 e. The van der Waals surface area contributed by atoms with Crippen molar-refractivity contribution in [1.29, 1.82) is 0 Å². The Morgan fingerprint density at radius 2 is 1.95 bits per heavy atom. The zero-order valence-electron chi connectivity index (χ0n) is 10.5. The molecule has 2 rings (SSSR count). The summed E-state index contributed by atoms with van der Waals surface area (Å²) >= 11 is 6.06. The fourth-order valence-corrected chi connectivity index (χ4v) is 2.30. The lowest BCUT2D eigenvalue weighted by molar-refractivity contribution is -0.129. The number of carboxylic acids is 1. The molecular formula is C12H14ClN3O3. The Balaban J connectivity index is 2.11. The first-order valence-corrected chi connectivity index (χ1v) is 6.26. The van der Waals surface area contributed by atoms with E-state index in [9.17, 15) is 9.59 Å². The Kier molecular flexibility index (Phi) is 3.90. The van der Waals surface area contributed by atoms with Crippen LogP contribution >= 0.6 is 11.6 Å². The van der Waals surface area contributed by atoms with E-state index in [1.807, 2.05) is 4.90 Å². The number of hydrogen-bond donors (Lipinski definition) is 1. The van der Waals surface area contributed by atoms with E-state index in [4.69, 9.17) is 16.7 Å². The zero-order chi connectivity index (χ0) is 14.0. The van der Waals surface area contributed by atoms with Crippen LogP contribution in [0.1, 0.15) is 17.3 Å². The van der Waals surface area contributed by atoms with E-state index in [0.29, 0.717) is 37.0 Å². The second kappa shape index (κ2) is 5.44. The number of carboxylic acid groups (broad SMARTS) is 1. The van der Waals surface area contributed by atoms with Crippen LogP contribution in [0.25, 0.3) is 0 Å². The van der Waals surface area contributed by atoms with E-state index >= 15 is 0 Å². The highest BCUT2D eigenvalue weighted by Crippen LogP contribution is 2.25. The third-order valence-electron chi connectivity index (χ3n) is 3.09. The average Bonchev–Trinajstić information content (AvgIpc) is 2.38. The van der Waals surface area contributed by atoms with Crippen molar-refractivity contribution >= 4 is 29.3 Å². The number of halogens is 1. The second-order valence-electron chi connectivity index (χ2n) is 4.33. The zero-order valence-corrected chi connectivity index (χ0v) is 11.2. The molecular weight excluding hydrogens is 270 g/mol. The van der Waals surface area contributed by atoms with Gasteiger partial charge in [0.15, 0.2) is 0 Å². The molecule has 0 spiro atoms. The van der Waals surface area contributed by atoms with Gasteiger partial charge in [-0.1, -0.05) is 11.6 Å². The Morgan fingerprint density at radius 3 is 2.42 bits per heavy atom. The Morgan fingerprint density at radius 1 is 1.32 bits per heavy atom. The molecule has 0 aromatic carbocycles. The van der Waals surface area contributed by atoms with Crippen LogP contribution in [0.15, 0.2) is 12.3 Å². The van der Waals surface area contributed by atoms with Crippen molar-refractivity contribution in [3.05, 3.63) is 22.8 Å². The molecule has 1 fully saturated rings. The molecule has 6 nitrogen and oxygen atoms in total. The molecule has 1 aliphatic heterocycles. The number of aromatic carboxylic acids is 1. The number of amides is 1. The molecule has 1 N–H and O–H groups in total. The number of anilines is 1. The molecule has 0 unspecified atom stereocenters. The highest BCUT2D eigenvalue weighted by atomic mass is 35.5. The third kappa shape index (κ3) is 2.96. The molecule has 0 radical (unpaired) electrons. The van der Waals surface area contributed by atoms with Crippen molar-refractivity contribution in [2.24, 2.45) is 0 Å². The summed E-state index contributed by atoms with van der Waals surface area (Å²) in [4.78, 5) is 29.8. The van der Waals surface area contributed by atoms with Gasteiger partial charge in [-0.25, -0.2) is 9.78 Å². The summed E-state index contributed by atoms with van der Waals surface area (Å²) in [5.41, 5.74) is 0.0659. The van der Waals surface area contributed by atoms with Gasteiger partial charge in [0, 0.05) is 39.3 Å². The van der Waals surface area contributed by atoms with Crippen molar-refractivity contribution in [3.63, 3.8) is 0 Å². The summed E-state index contributed by atoms with van der Waals surface area (Å²) in [6.45, 7) is 4.06. The van der Waals surface area contributed by atoms with Crippen molar-refractivity contribution in [1.82, 2.24) is 9.88 Å². The molecule has 1 aromatic rings. The molecule has 102 valence electrons. The third-order valence-corrected chi connectivity index (χ3v) is 3.37. The summed E-state index contributed by atoms with van der Waals surface area (Å²) < 4.78 is 0. The molecule has 0 aliphatic carbocycles. The van der Waals surface area contributed by atoms with E-state index < -0.39 is 5.97 Å². The molecule has 7 heteroatoms. The molecule has 1 aliphatic rings. The SMILES string of the molecule is CC(=O)N1CCN(c2ncc(C(=O)O)cc2Cl)CC1. The summed E-state index contributed by atoms with van der Waals surface area (Å²) in [7, 11) is 0. The number of carbonyl (C=O) groups excluding carboxylic acids is 1. The fraction of sp³-hybridized carbons (Fsp3) is 0.417. The minimum absolute atomic E-state index is 0.0555. The van der Waals surface area contributed by atoms with Gasteiger partial charge in [0.25, 0.3) is 0 Å². The standard InChI is InChI=1S/C12H14ClN3O3/c1-8(17)15-2-4-16(5-3-15)11-10(13)6-9(7-14-11)12(18)19/h6-7H,2-5H2,1H3,(H,18,19). The minimum atomic E-state index is -1.05. The fourth-order valence-electron chi connectivity index (χ4n) is 2.01. The number of carbonyl (C=O) groups is 2. The van der Waals surface area contributed by atoms with Crippen LogP contribution < -0.4 is 4.90 Å². The van der Waals surface area contributed by atoms with Crippen LogP contribution in [0.4, 0.5) is 5.82 Å². The van der Waals surface area contributed by atoms with Gasteiger partial charge in [0.2, 0.25) is 5.91 Å². The highest BCUT2D eigenvalue weighted by Gasteiger charge is 2.21. The summed E-state index contributed by atoms with van der Waals surface area (Å²) in [6, 6.07) is 1.39. The number of piperazine rings is 1. The Hall–Kier alpha value is -1.82. The van der Waals surface area contributed by atoms with Crippen molar-refractivity contribution in [3.8, 4) is 0 Å². The molecule has 1 saturated heterocycles. The number of nitrogens with zero attached hydrogens (tertiary/aromatic N) is 3. The number of pyridine rings is 1. The van der Waals surface area contributed by atoms with E-state index in [0.717, 1.165) is 0 Å². The van der Waals surface area contributed by atoms with Gasteiger partial charge >= 0.3 is 5.97 Å². The van der Waals surface area contributed by atoms with Gasteiger partial charge in [0.1, 0.15) is 5.82 Å². The molecule has 1 aromatic heterocycles. The first kappa shape index (κ1) is 13.6. The summed E-state index contributed by atoms with van der Waals surface area (Å²) in [5, 5.41) is 9.17. The molecule has 1 amide bonds.